The van der Waals surface area contributed by atoms with Crippen LogP contribution < -0.4 is 0 Å². The van der Waals surface area contributed by atoms with Crippen molar-refractivity contribution in [3.63, 3.8) is 0 Å². The highest BCUT2D eigenvalue weighted by molar-refractivity contribution is 5.69. The van der Waals surface area contributed by atoms with Gasteiger partial charge in [-0.25, -0.2) is 4.79 Å². The SMILES string of the molecule is CC(C)(C)OC(=O)N1C[C@H](c2ccccc2)C[C@H]1CO. The van der Waals surface area contributed by atoms with Crippen molar-refractivity contribution in [1.29, 1.82) is 0 Å². The van der Waals surface area contributed by atoms with E-state index in [1.165, 1.54) is 5.56 Å². The van der Waals surface area contributed by atoms with Gasteiger partial charge in [-0.3, -0.25) is 0 Å². The topological polar surface area (TPSA) is 49.8 Å². The Kier molecular flexibility index (Phi) is 4.33. The molecule has 1 N–H and O–H groups in total. The molecule has 1 amide bonds. The van der Waals surface area contributed by atoms with Gasteiger partial charge < -0.3 is 14.7 Å². The Labute approximate surface area is 120 Å². The van der Waals surface area contributed by atoms with Crippen molar-refractivity contribution in [3.05, 3.63) is 35.9 Å². The molecule has 1 aliphatic rings. The Hall–Kier alpha value is -1.55. The van der Waals surface area contributed by atoms with E-state index in [-0.39, 0.29) is 24.7 Å². The van der Waals surface area contributed by atoms with Crippen LogP contribution in [0.1, 0.15) is 38.7 Å². The third-order valence-electron chi connectivity index (χ3n) is 3.52. The lowest BCUT2D eigenvalue weighted by atomic mass is 9.97. The second-order valence-corrected chi connectivity index (χ2v) is 6.31. The van der Waals surface area contributed by atoms with Gasteiger partial charge in [0.05, 0.1) is 12.6 Å². The molecule has 1 heterocycles. The molecule has 0 spiro atoms. The van der Waals surface area contributed by atoms with E-state index >= 15 is 0 Å². The minimum absolute atomic E-state index is 0.0252. The standard InChI is InChI=1S/C16H23NO3/c1-16(2,3)20-15(19)17-10-13(9-14(17)11-18)12-7-5-4-6-8-12/h4-8,13-14,18H,9-11H2,1-3H3/t13-,14+/m1/s1. The van der Waals surface area contributed by atoms with Gasteiger partial charge in [0.15, 0.2) is 0 Å². The lowest BCUT2D eigenvalue weighted by Gasteiger charge is -2.27. The van der Waals surface area contributed by atoms with Crippen molar-refractivity contribution in [1.82, 2.24) is 4.90 Å². The molecular formula is C16H23NO3. The number of benzene rings is 1. The van der Waals surface area contributed by atoms with E-state index in [0.717, 1.165) is 6.42 Å². The van der Waals surface area contributed by atoms with Crippen LogP contribution in [0.2, 0.25) is 0 Å². The van der Waals surface area contributed by atoms with Gasteiger partial charge in [0.1, 0.15) is 5.60 Å². The van der Waals surface area contributed by atoms with Crippen LogP contribution >= 0.6 is 0 Å². The average Bonchev–Trinajstić information content (AvgIpc) is 2.82. The number of hydrogen-bond donors (Lipinski definition) is 1. The van der Waals surface area contributed by atoms with Crippen LogP contribution in [0.5, 0.6) is 0 Å². The van der Waals surface area contributed by atoms with Crippen LogP contribution in [0.25, 0.3) is 0 Å². The summed E-state index contributed by atoms with van der Waals surface area (Å²) in [5.74, 6) is 0.265. The van der Waals surface area contributed by atoms with Crippen LogP contribution in [0, 0.1) is 0 Å². The fourth-order valence-electron chi connectivity index (χ4n) is 2.60. The predicted molar refractivity (Wildman–Crippen MR) is 77.6 cm³/mol. The Bertz CT molecular complexity index is 453. The summed E-state index contributed by atoms with van der Waals surface area (Å²) in [7, 11) is 0. The van der Waals surface area contributed by atoms with Gasteiger partial charge in [-0.15, -0.1) is 0 Å². The minimum Gasteiger partial charge on any atom is -0.444 e. The molecule has 20 heavy (non-hydrogen) atoms. The van der Waals surface area contributed by atoms with E-state index in [0.29, 0.717) is 6.54 Å². The summed E-state index contributed by atoms with van der Waals surface area (Å²) in [5.41, 5.74) is 0.694. The summed E-state index contributed by atoms with van der Waals surface area (Å²) in [6.07, 6.45) is 0.440. The molecular weight excluding hydrogens is 254 g/mol. The summed E-state index contributed by atoms with van der Waals surface area (Å²) >= 11 is 0. The van der Waals surface area contributed by atoms with Gasteiger partial charge in [0.25, 0.3) is 0 Å². The van der Waals surface area contributed by atoms with Crippen molar-refractivity contribution in [3.8, 4) is 0 Å². The summed E-state index contributed by atoms with van der Waals surface area (Å²) in [5, 5.41) is 9.50. The summed E-state index contributed by atoms with van der Waals surface area (Å²) < 4.78 is 5.41. The highest BCUT2D eigenvalue weighted by atomic mass is 16.6. The van der Waals surface area contributed by atoms with Gasteiger partial charge in [-0.1, -0.05) is 30.3 Å². The number of carbonyl (C=O) groups is 1. The van der Waals surface area contributed by atoms with Crippen LogP contribution in [-0.2, 0) is 4.74 Å². The molecule has 0 aromatic heterocycles. The van der Waals surface area contributed by atoms with Gasteiger partial charge in [0.2, 0.25) is 0 Å². The molecule has 1 fully saturated rings. The second kappa shape index (κ2) is 5.83. The monoisotopic (exact) mass is 277 g/mol. The lowest BCUT2D eigenvalue weighted by Crippen LogP contribution is -2.41. The third-order valence-corrected chi connectivity index (χ3v) is 3.52. The third kappa shape index (κ3) is 3.51. The number of aliphatic hydroxyl groups excluding tert-OH is 1. The molecule has 0 aliphatic carbocycles. The zero-order chi connectivity index (χ0) is 14.8. The van der Waals surface area contributed by atoms with E-state index in [2.05, 4.69) is 12.1 Å². The number of carbonyl (C=O) groups excluding carboxylic acids is 1. The second-order valence-electron chi connectivity index (χ2n) is 6.31. The van der Waals surface area contributed by atoms with Crippen molar-refractivity contribution in [2.45, 2.75) is 44.8 Å². The number of rotatable bonds is 2. The van der Waals surface area contributed by atoms with Crippen LogP contribution in [0.15, 0.2) is 30.3 Å². The first-order chi connectivity index (χ1) is 9.40. The van der Waals surface area contributed by atoms with Crippen molar-refractivity contribution < 1.29 is 14.6 Å². The van der Waals surface area contributed by atoms with E-state index in [4.69, 9.17) is 4.74 Å². The molecule has 0 unspecified atom stereocenters. The predicted octanol–water partition coefficient (Wildman–Crippen LogP) is 2.77. The summed E-state index contributed by atoms with van der Waals surface area (Å²) in [4.78, 5) is 13.9. The van der Waals surface area contributed by atoms with E-state index < -0.39 is 5.60 Å². The maximum atomic E-state index is 12.2. The first-order valence-corrected chi connectivity index (χ1v) is 7.06. The highest BCUT2D eigenvalue weighted by Gasteiger charge is 2.37. The number of nitrogens with zero attached hydrogens (tertiary/aromatic N) is 1. The van der Waals surface area contributed by atoms with Crippen molar-refractivity contribution >= 4 is 6.09 Å². The maximum absolute atomic E-state index is 12.2. The van der Waals surface area contributed by atoms with Crippen LogP contribution in [-0.4, -0.2) is 40.9 Å². The molecule has 1 saturated heterocycles. The fourth-order valence-corrected chi connectivity index (χ4v) is 2.60. The lowest BCUT2D eigenvalue weighted by molar-refractivity contribution is 0.0174. The molecule has 2 atom stereocenters. The first-order valence-electron chi connectivity index (χ1n) is 7.06. The minimum atomic E-state index is -0.512. The van der Waals surface area contributed by atoms with E-state index in [1.807, 2.05) is 39.0 Å². The highest BCUT2D eigenvalue weighted by Crippen LogP contribution is 2.32. The zero-order valence-corrected chi connectivity index (χ0v) is 12.4. The zero-order valence-electron chi connectivity index (χ0n) is 12.4. The fraction of sp³-hybridized carbons (Fsp3) is 0.562. The smallest absolute Gasteiger partial charge is 0.410 e. The largest absolute Gasteiger partial charge is 0.444 e. The van der Waals surface area contributed by atoms with E-state index in [1.54, 1.807) is 4.90 Å². The normalized spacial score (nSPS) is 22.9. The molecule has 0 saturated carbocycles. The molecule has 110 valence electrons. The van der Waals surface area contributed by atoms with Gasteiger partial charge in [-0.05, 0) is 32.8 Å². The number of likely N-dealkylation sites (tertiary alicyclic amines) is 1. The molecule has 4 heteroatoms. The quantitative estimate of drug-likeness (QED) is 0.904. The Morgan fingerprint density at radius 3 is 2.55 bits per heavy atom. The Balaban J connectivity index is 2.09. The number of ether oxygens (including phenoxy) is 1. The Morgan fingerprint density at radius 2 is 2.00 bits per heavy atom. The molecule has 0 radical (unpaired) electrons. The average molecular weight is 277 g/mol. The number of hydrogen-bond acceptors (Lipinski definition) is 3. The Morgan fingerprint density at radius 1 is 1.35 bits per heavy atom. The van der Waals surface area contributed by atoms with Gasteiger partial charge >= 0.3 is 6.09 Å². The molecule has 2 rings (SSSR count). The van der Waals surface area contributed by atoms with Crippen LogP contribution in [0.4, 0.5) is 4.79 Å². The maximum Gasteiger partial charge on any atom is 0.410 e. The molecule has 0 bridgehead atoms. The van der Waals surface area contributed by atoms with Gasteiger partial charge in [-0.2, -0.15) is 0 Å². The van der Waals surface area contributed by atoms with E-state index in [9.17, 15) is 9.90 Å². The number of amides is 1. The van der Waals surface area contributed by atoms with Gasteiger partial charge in [0, 0.05) is 12.5 Å². The summed E-state index contributed by atoms with van der Waals surface area (Å²) in [6.45, 7) is 6.13. The van der Waals surface area contributed by atoms with Crippen molar-refractivity contribution in [2.75, 3.05) is 13.2 Å². The summed E-state index contributed by atoms with van der Waals surface area (Å²) in [6, 6.07) is 9.96. The molecule has 1 aliphatic heterocycles. The number of aliphatic hydroxyl groups is 1. The molecule has 1 aromatic carbocycles. The molecule has 4 nitrogen and oxygen atoms in total. The first kappa shape index (κ1) is 14.9. The van der Waals surface area contributed by atoms with Crippen LogP contribution in [0.3, 0.4) is 0 Å². The van der Waals surface area contributed by atoms with Crippen molar-refractivity contribution in [2.24, 2.45) is 0 Å². The molecule has 1 aromatic rings.